The molecule has 0 aromatic carbocycles. The van der Waals surface area contributed by atoms with Crippen LogP contribution >= 0.6 is 11.3 Å². The molecule has 1 N–H and O–H groups in total. The molecule has 3 rings (SSSR count). The fourth-order valence-electron chi connectivity index (χ4n) is 2.58. The number of aliphatic hydroxyl groups excluding tert-OH is 1. The zero-order valence-corrected chi connectivity index (χ0v) is 12.8. The van der Waals surface area contributed by atoms with Crippen LogP contribution in [0.2, 0.25) is 0 Å². The number of aliphatic hydroxyl groups is 1. The highest BCUT2D eigenvalue weighted by Crippen LogP contribution is 2.14. The third kappa shape index (κ3) is 3.32. The van der Waals surface area contributed by atoms with Gasteiger partial charge in [0.15, 0.2) is 4.96 Å². The fourth-order valence-corrected chi connectivity index (χ4v) is 3.43. The van der Waals surface area contributed by atoms with Gasteiger partial charge in [0.2, 0.25) is 0 Å². The van der Waals surface area contributed by atoms with Crippen LogP contribution in [-0.4, -0.2) is 52.3 Å². The summed E-state index contributed by atoms with van der Waals surface area (Å²) >= 11 is 1.52. The summed E-state index contributed by atoms with van der Waals surface area (Å²) in [7, 11) is 0. The SMILES string of the molecule is Cc1cn2c(=O)cc(CN3CCOC[C@@H](CO)C3)nc2s1. The number of fused-ring (bicyclic) bond motifs is 1. The molecular weight excluding hydrogens is 290 g/mol. The van der Waals surface area contributed by atoms with Gasteiger partial charge in [0, 0.05) is 49.3 Å². The molecule has 0 radical (unpaired) electrons. The second-order valence-corrected chi connectivity index (χ2v) is 6.65. The predicted octanol–water partition coefficient (Wildman–Crippen LogP) is 0.505. The standard InChI is InChI=1S/C14H19N3O3S/c1-10-5-17-13(19)4-12(15-14(17)21-10)7-16-2-3-20-9-11(6-16)8-18/h4-5,11,18H,2-3,6-9H2,1H3/t11-/m1/s1. The summed E-state index contributed by atoms with van der Waals surface area (Å²) < 4.78 is 7.07. The van der Waals surface area contributed by atoms with E-state index in [0.717, 1.165) is 28.6 Å². The number of aromatic nitrogens is 2. The quantitative estimate of drug-likeness (QED) is 0.894. The first-order valence-corrected chi connectivity index (χ1v) is 7.87. The highest BCUT2D eigenvalue weighted by atomic mass is 32.1. The van der Waals surface area contributed by atoms with Gasteiger partial charge in [0.25, 0.3) is 5.56 Å². The minimum absolute atomic E-state index is 0.0378. The summed E-state index contributed by atoms with van der Waals surface area (Å²) in [5, 5.41) is 9.31. The first-order valence-electron chi connectivity index (χ1n) is 7.05. The van der Waals surface area contributed by atoms with Gasteiger partial charge in [-0.25, -0.2) is 4.98 Å². The van der Waals surface area contributed by atoms with Gasteiger partial charge in [-0.05, 0) is 6.92 Å². The van der Waals surface area contributed by atoms with Crippen LogP contribution < -0.4 is 5.56 Å². The van der Waals surface area contributed by atoms with Crippen LogP contribution in [0.4, 0.5) is 0 Å². The molecule has 1 fully saturated rings. The van der Waals surface area contributed by atoms with Crippen molar-refractivity contribution >= 4 is 16.3 Å². The molecule has 0 saturated carbocycles. The Labute approximate surface area is 126 Å². The molecule has 0 bridgehead atoms. The highest BCUT2D eigenvalue weighted by Gasteiger charge is 2.19. The van der Waals surface area contributed by atoms with Crippen molar-refractivity contribution in [3.63, 3.8) is 0 Å². The molecule has 21 heavy (non-hydrogen) atoms. The van der Waals surface area contributed by atoms with Crippen molar-refractivity contribution in [2.75, 3.05) is 32.9 Å². The Kier molecular flexibility index (Phi) is 4.34. The van der Waals surface area contributed by atoms with Crippen LogP contribution in [0.3, 0.4) is 0 Å². The topological polar surface area (TPSA) is 67.1 Å². The van der Waals surface area contributed by atoms with Crippen LogP contribution in [0.5, 0.6) is 0 Å². The van der Waals surface area contributed by atoms with Crippen LogP contribution in [0.25, 0.3) is 4.96 Å². The van der Waals surface area contributed by atoms with Gasteiger partial charge >= 0.3 is 0 Å². The average molecular weight is 309 g/mol. The van der Waals surface area contributed by atoms with E-state index in [9.17, 15) is 9.90 Å². The molecule has 0 spiro atoms. The highest BCUT2D eigenvalue weighted by molar-refractivity contribution is 7.16. The minimum Gasteiger partial charge on any atom is -0.396 e. The van der Waals surface area contributed by atoms with E-state index in [1.165, 1.54) is 11.3 Å². The zero-order valence-electron chi connectivity index (χ0n) is 12.0. The Balaban J connectivity index is 1.82. The number of hydrogen-bond acceptors (Lipinski definition) is 6. The lowest BCUT2D eigenvalue weighted by Gasteiger charge is -2.21. The number of aryl methyl sites for hydroxylation is 1. The largest absolute Gasteiger partial charge is 0.396 e. The number of rotatable bonds is 3. The van der Waals surface area contributed by atoms with E-state index in [2.05, 4.69) is 9.88 Å². The lowest BCUT2D eigenvalue weighted by Crippen LogP contribution is -2.31. The lowest BCUT2D eigenvalue weighted by molar-refractivity contribution is 0.0958. The summed E-state index contributed by atoms with van der Waals surface area (Å²) in [6.45, 7) is 5.50. The summed E-state index contributed by atoms with van der Waals surface area (Å²) in [5.41, 5.74) is 0.740. The van der Waals surface area contributed by atoms with Gasteiger partial charge in [-0.3, -0.25) is 14.1 Å². The molecule has 3 heterocycles. The smallest absolute Gasteiger partial charge is 0.258 e. The molecule has 2 aromatic rings. The second kappa shape index (κ2) is 6.23. The van der Waals surface area contributed by atoms with E-state index in [0.29, 0.717) is 19.8 Å². The number of nitrogens with zero attached hydrogens (tertiary/aromatic N) is 3. The monoisotopic (exact) mass is 309 g/mol. The number of ether oxygens (including phenoxy) is 1. The van der Waals surface area contributed by atoms with Crippen molar-refractivity contribution in [3.05, 3.63) is 33.2 Å². The molecular formula is C14H19N3O3S. The summed E-state index contributed by atoms with van der Waals surface area (Å²) in [5.74, 6) is 0.126. The van der Waals surface area contributed by atoms with Gasteiger partial charge in [-0.1, -0.05) is 0 Å². The molecule has 6 nitrogen and oxygen atoms in total. The molecule has 0 amide bonds. The first-order chi connectivity index (χ1) is 10.2. The van der Waals surface area contributed by atoms with Crippen molar-refractivity contribution < 1.29 is 9.84 Å². The Bertz CT molecular complexity index is 682. The molecule has 2 aromatic heterocycles. The van der Waals surface area contributed by atoms with E-state index in [4.69, 9.17) is 4.74 Å². The molecule has 1 atom stereocenters. The summed E-state index contributed by atoms with van der Waals surface area (Å²) in [4.78, 5) is 20.7. The Morgan fingerprint density at radius 1 is 1.57 bits per heavy atom. The molecule has 114 valence electrons. The van der Waals surface area contributed by atoms with Crippen molar-refractivity contribution in [2.45, 2.75) is 13.5 Å². The number of thiazole rings is 1. The molecule has 1 aliphatic rings. The van der Waals surface area contributed by atoms with Crippen molar-refractivity contribution in [1.29, 1.82) is 0 Å². The maximum atomic E-state index is 12.1. The zero-order chi connectivity index (χ0) is 14.8. The average Bonchev–Trinajstić information content (AvgIpc) is 2.69. The van der Waals surface area contributed by atoms with Crippen molar-refractivity contribution in [1.82, 2.24) is 14.3 Å². The molecule has 1 aliphatic heterocycles. The third-order valence-corrected chi connectivity index (χ3v) is 4.50. The van der Waals surface area contributed by atoms with E-state index in [1.807, 2.05) is 13.1 Å². The summed E-state index contributed by atoms with van der Waals surface area (Å²) in [6.07, 6.45) is 1.82. The third-order valence-electron chi connectivity index (χ3n) is 3.60. The maximum absolute atomic E-state index is 12.1. The van der Waals surface area contributed by atoms with Gasteiger partial charge in [0.05, 0.1) is 18.9 Å². The second-order valence-electron chi connectivity index (χ2n) is 5.44. The Morgan fingerprint density at radius 2 is 2.43 bits per heavy atom. The predicted molar refractivity (Wildman–Crippen MR) is 80.7 cm³/mol. The first kappa shape index (κ1) is 14.6. The molecule has 0 unspecified atom stereocenters. The maximum Gasteiger partial charge on any atom is 0.258 e. The van der Waals surface area contributed by atoms with E-state index in [1.54, 1.807) is 10.5 Å². The van der Waals surface area contributed by atoms with E-state index < -0.39 is 0 Å². The lowest BCUT2D eigenvalue weighted by atomic mass is 10.1. The van der Waals surface area contributed by atoms with Gasteiger partial charge in [-0.15, -0.1) is 11.3 Å². The molecule has 0 aliphatic carbocycles. The fraction of sp³-hybridized carbons (Fsp3) is 0.571. The van der Waals surface area contributed by atoms with Crippen LogP contribution in [0, 0.1) is 12.8 Å². The van der Waals surface area contributed by atoms with Crippen LogP contribution in [0.15, 0.2) is 17.1 Å². The van der Waals surface area contributed by atoms with Gasteiger partial charge < -0.3 is 9.84 Å². The van der Waals surface area contributed by atoms with E-state index in [-0.39, 0.29) is 18.1 Å². The minimum atomic E-state index is -0.0378. The van der Waals surface area contributed by atoms with Gasteiger partial charge in [-0.2, -0.15) is 0 Å². The Morgan fingerprint density at radius 3 is 3.24 bits per heavy atom. The summed E-state index contributed by atoms with van der Waals surface area (Å²) in [6, 6.07) is 1.60. The van der Waals surface area contributed by atoms with Crippen LogP contribution in [0.1, 0.15) is 10.6 Å². The van der Waals surface area contributed by atoms with Crippen molar-refractivity contribution in [3.8, 4) is 0 Å². The Hall–Kier alpha value is -1.28. The van der Waals surface area contributed by atoms with E-state index >= 15 is 0 Å². The van der Waals surface area contributed by atoms with Gasteiger partial charge in [0.1, 0.15) is 0 Å². The molecule has 1 saturated heterocycles. The normalized spacial score (nSPS) is 20.8. The van der Waals surface area contributed by atoms with Crippen molar-refractivity contribution in [2.24, 2.45) is 5.92 Å². The molecule has 7 heteroatoms. The van der Waals surface area contributed by atoms with Crippen LogP contribution in [-0.2, 0) is 11.3 Å². The number of hydrogen-bond donors (Lipinski definition) is 1.